The van der Waals surface area contributed by atoms with Crippen molar-refractivity contribution in [2.24, 2.45) is 0 Å². The minimum atomic E-state index is -0.568. The standard InChI is InChI=1S/C29H35NO4/c1-21-5-11-24(12-6-21)29(18-3-4-19-29)26(31)15-13-25-14-16-27(32)30(25)20-17-22-7-9-23(10-8-22)28(33)34-2/h5-13,15,25-26,31H,3-4,14,16-20H2,1-2H3. The van der Waals surface area contributed by atoms with Crippen LogP contribution in [0.1, 0.15) is 65.6 Å². The molecule has 2 fully saturated rings. The second-order valence-corrected chi connectivity index (χ2v) is 9.69. The molecule has 180 valence electrons. The molecular formula is C29H35NO4. The Morgan fingerprint density at radius 1 is 1.15 bits per heavy atom. The highest BCUT2D eigenvalue weighted by Crippen LogP contribution is 2.44. The molecule has 2 atom stereocenters. The number of carbonyl (C=O) groups excluding carboxylic acids is 2. The van der Waals surface area contributed by atoms with Gasteiger partial charge in [0.15, 0.2) is 0 Å². The van der Waals surface area contributed by atoms with Crippen LogP contribution in [0.3, 0.4) is 0 Å². The number of aliphatic hydroxyl groups excluding tert-OH is 1. The molecular weight excluding hydrogens is 426 g/mol. The fourth-order valence-corrected chi connectivity index (χ4v) is 5.49. The van der Waals surface area contributed by atoms with E-state index in [-0.39, 0.29) is 23.3 Å². The molecule has 1 saturated heterocycles. The summed E-state index contributed by atoms with van der Waals surface area (Å²) in [7, 11) is 1.37. The lowest BCUT2D eigenvalue weighted by Gasteiger charge is -2.34. The van der Waals surface area contributed by atoms with Gasteiger partial charge in [-0.05, 0) is 55.9 Å². The van der Waals surface area contributed by atoms with Gasteiger partial charge in [-0.1, -0.05) is 67.0 Å². The van der Waals surface area contributed by atoms with Crippen molar-refractivity contribution in [2.45, 2.75) is 69.4 Å². The third-order valence-corrected chi connectivity index (χ3v) is 7.60. The molecule has 1 N–H and O–H groups in total. The Morgan fingerprint density at radius 2 is 1.82 bits per heavy atom. The lowest BCUT2D eigenvalue weighted by Crippen LogP contribution is -2.37. The van der Waals surface area contributed by atoms with Gasteiger partial charge < -0.3 is 14.7 Å². The largest absolute Gasteiger partial charge is 0.465 e. The molecule has 1 heterocycles. The minimum absolute atomic E-state index is 0.00737. The highest BCUT2D eigenvalue weighted by atomic mass is 16.5. The predicted octanol–water partition coefficient (Wildman–Crippen LogP) is 4.74. The Bertz CT molecular complexity index is 1020. The zero-order valence-corrected chi connectivity index (χ0v) is 20.2. The minimum Gasteiger partial charge on any atom is -0.465 e. The van der Waals surface area contributed by atoms with Gasteiger partial charge in [-0.3, -0.25) is 4.79 Å². The van der Waals surface area contributed by atoms with Gasteiger partial charge in [0.2, 0.25) is 5.91 Å². The van der Waals surface area contributed by atoms with Crippen LogP contribution in [0.4, 0.5) is 0 Å². The van der Waals surface area contributed by atoms with Gasteiger partial charge >= 0.3 is 5.97 Å². The number of benzene rings is 2. The van der Waals surface area contributed by atoms with Crippen LogP contribution in [0.25, 0.3) is 0 Å². The summed E-state index contributed by atoms with van der Waals surface area (Å²) in [5.41, 5.74) is 3.79. The highest BCUT2D eigenvalue weighted by molar-refractivity contribution is 5.89. The maximum atomic E-state index is 12.6. The van der Waals surface area contributed by atoms with E-state index >= 15 is 0 Å². The summed E-state index contributed by atoms with van der Waals surface area (Å²) in [5, 5.41) is 11.3. The molecule has 5 heteroatoms. The molecule has 0 radical (unpaired) electrons. The SMILES string of the molecule is COC(=O)c1ccc(CCN2C(=O)CCC2C=CC(O)C2(c3ccc(C)cc3)CCCC2)cc1. The van der Waals surface area contributed by atoms with Crippen molar-refractivity contribution in [2.75, 3.05) is 13.7 Å². The molecule has 0 spiro atoms. The van der Waals surface area contributed by atoms with Gasteiger partial charge in [0.05, 0.1) is 24.8 Å². The predicted molar refractivity (Wildman–Crippen MR) is 133 cm³/mol. The average Bonchev–Trinajstić information content (AvgIpc) is 3.49. The van der Waals surface area contributed by atoms with Crippen LogP contribution in [0, 0.1) is 6.92 Å². The van der Waals surface area contributed by atoms with E-state index in [0.717, 1.165) is 37.7 Å². The third kappa shape index (κ3) is 5.10. The van der Waals surface area contributed by atoms with Gasteiger partial charge in [-0.15, -0.1) is 0 Å². The first kappa shape index (κ1) is 24.2. The van der Waals surface area contributed by atoms with E-state index in [4.69, 9.17) is 4.74 Å². The Kier molecular flexibility index (Phi) is 7.52. The summed E-state index contributed by atoms with van der Waals surface area (Å²) < 4.78 is 4.75. The Morgan fingerprint density at radius 3 is 2.47 bits per heavy atom. The van der Waals surface area contributed by atoms with Gasteiger partial charge in [0.25, 0.3) is 0 Å². The quantitative estimate of drug-likeness (QED) is 0.455. The summed E-state index contributed by atoms with van der Waals surface area (Å²) >= 11 is 0. The van der Waals surface area contributed by atoms with Crippen molar-refractivity contribution >= 4 is 11.9 Å². The first-order chi connectivity index (χ1) is 16.4. The molecule has 4 rings (SSSR count). The van der Waals surface area contributed by atoms with Crippen LogP contribution in [0.2, 0.25) is 0 Å². The Hall–Kier alpha value is -2.92. The van der Waals surface area contributed by atoms with Crippen LogP contribution in [-0.2, 0) is 21.4 Å². The number of nitrogens with zero attached hydrogens (tertiary/aromatic N) is 1. The van der Waals surface area contributed by atoms with Gasteiger partial charge in [0, 0.05) is 18.4 Å². The van der Waals surface area contributed by atoms with E-state index in [9.17, 15) is 14.7 Å². The number of rotatable bonds is 8. The first-order valence-electron chi connectivity index (χ1n) is 12.3. The molecule has 2 aliphatic rings. The smallest absolute Gasteiger partial charge is 0.337 e. The van der Waals surface area contributed by atoms with Crippen molar-refractivity contribution in [3.63, 3.8) is 0 Å². The van der Waals surface area contributed by atoms with Crippen LogP contribution >= 0.6 is 0 Å². The van der Waals surface area contributed by atoms with Crippen molar-refractivity contribution in [3.8, 4) is 0 Å². The molecule has 1 amide bonds. The van der Waals surface area contributed by atoms with Crippen molar-refractivity contribution < 1.29 is 19.4 Å². The van der Waals surface area contributed by atoms with Crippen LogP contribution in [0.5, 0.6) is 0 Å². The molecule has 5 nitrogen and oxygen atoms in total. The average molecular weight is 462 g/mol. The number of aliphatic hydroxyl groups is 1. The van der Waals surface area contributed by atoms with E-state index < -0.39 is 6.10 Å². The number of methoxy groups -OCH3 is 1. The second kappa shape index (κ2) is 10.6. The summed E-state index contributed by atoms with van der Waals surface area (Å²) in [4.78, 5) is 26.1. The fourth-order valence-electron chi connectivity index (χ4n) is 5.49. The Balaban J connectivity index is 1.42. The number of likely N-dealkylation sites (tertiary alicyclic amines) is 1. The monoisotopic (exact) mass is 461 g/mol. The number of hydrogen-bond acceptors (Lipinski definition) is 4. The molecule has 2 unspecified atom stereocenters. The summed E-state index contributed by atoms with van der Waals surface area (Å²) in [6.45, 7) is 2.70. The number of amides is 1. The molecule has 2 aromatic rings. The Labute approximate surface area is 202 Å². The summed E-state index contributed by atoms with van der Waals surface area (Å²) in [5.74, 6) is -0.194. The highest BCUT2D eigenvalue weighted by Gasteiger charge is 2.41. The molecule has 2 aromatic carbocycles. The van der Waals surface area contributed by atoms with Crippen LogP contribution < -0.4 is 0 Å². The molecule has 34 heavy (non-hydrogen) atoms. The fraction of sp³-hybridized carbons (Fsp3) is 0.448. The molecule has 1 saturated carbocycles. The van der Waals surface area contributed by atoms with E-state index in [1.807, 2.05) is 29.2 Å². The van der Waals surface area contributed by atoms with E-state index in [2.05, 4.69) is 31.2 Å². The topological polar surface area (TPSA) is 66.8 Å². The lowest BCUT2D eigenvalue weighted by molar-refractivity contribution is -0.128. The molecule has 0 aromatic heterocycles. The van der Waals surface area contributed by atoms with E-state index in [1.165, 1.54) is 18.2 Å². The normalized spacial score (nSPS) is 20.7. The zero-order chi connectivity index (χ0) is 24.1. The summed E-state index contributed by atoms with van der Waals surface area (Å²) in [6, 6.07) is 15.9. The van der Waals surface area contributed by atoms with Gasteiger partial charge in [0.1, 0.15) is 0 Å². The molecule has 1 aliphatic heterocycles. The number of esters is 1. The van der Waals surface area contributed by atoms with Gasteiger partial charge in [-0.2, -0.15) is 0 Å². The van der Waals surface area contributed by atoms with Crippen molar-refractivity contribution in [3.05, 3.63) is 82.9 Å². The van der Waals surface area contributed by atoms with E-state index in [0.29, 0.717) is 24.9 Å². The van der Waals surface area contributed by atoms with Crippen molar-refractivity contribution in [1.82, 2.24) is 4.90 Å². The van der Waals surface area contributed by atoms with Crippen LogP contribution in [-0.4, -0.2) is 47.7 Å². The number of carbonyl (C=O) groups is 2. The summed E-state index contributed by atoms with van der Waals surface area (Å²) in [6.07, 6.45) is 9.66. The molecule has 1 aliphatic carbocycles. The lowest BCUT2D eigenvalue weighted by atomic mass is 9.73. The first-order valence-corrected chi connectivity index (χ1v) is 12.3. The number of aryl methyl sites for hydroxylation is 1. The number of hydrogen-bond donors (Lipinski definition) is 1. The van der Waals surface area contributed by atoms with Crippen LogP contribution in [0.15, 0.2) is 60.7 Å². The molecule has 0 bridgehead atoms. The van der Waals surface area contributed by atoms with Crippen molar-refractivity contribution in [1.29, 1.82) is 0 Å². The third-order valence-electron chi connectivity index (χ3n) is 7.60. The maximum absolute atomic E-state index is 12.6. The zero-order valence-electron chi connectivity index (χ0n) is 20.2. The van der Waals surface area contributed by atoms with Gasteiger partial charge in [-0.25, -0.2) is 4.79 Å². The van der Waals surface area contributed by atoms with E-state index in [1.54, 1.807) is 12.1 Å². The second-order valence-electron chi connectivity index (χ2n) is 9.69. The number of ether oxygens (including phenoxy) is 1. The maximum Gasteiger partial charge on any atom is 0.337 e.